The van der Waals surface area contributed by atoms with Crippen LogP contribution in [0.3, 0.4) is 0 Å². The molecule has 0 aromatic carbocycles. The molecular weight excluding hydrogens is 214 g/mol. The number of nitriles is 1. The van der Waals surface area contributed by atoms with Crippen molar-refractivity contribution in [3.05, 3.63) is 48.1 Å². The third kappa shape index (κ3) is 4.04. The smallest absolute Gasteiger partial charge is 0.232 e. The minimum atomic E-state index is -0.524. The molecule has 0 heterocycles. The number of Topliss-reactive ketones (excluding diaryl/α,β-unsaturated/α-hetero) is 2. The molecule has 86 valence electrons. The van der Waals surface area contributed by atoms with Crippen LogP contribution >= 0.6 is 0 Å². The molecule has 0 bridgehead atoms. The lowest BCUT2D eigenvalue weighted by molar-refractivity contribution is -0.114. The van der Waals surface area contributed by atoms with E-state index in [1.165, 1.54) is 6.07 Å². The van der Waals surface area contributed by atoms with Crippen LogP contribution < -0.4 is 0 Å². The van der Waals surface area contributed by atoms with Crippen LogP contribution in [-0.2, 0) is 9.59 Å². The normalized spacial score (nSPS) is 13.5. The molecule has 0 saturated carbocycles. The molecular formula is C14H13NO2. The highest BCUT2D eigenvalue weighted by molar-refractivity contribution is 6.10. The zero-order valence-electron chi connectivity index (χ0n) is 9.48. The Kier molecular flexibility index (Phi) is 4.83. The zero-order valence-corrected chi connectivity index (χ0v) is 9.48. The Morgan fingerprint density at radius 1 is 1.35 bits per heavy atom. The Labute approximate surface area is 100 Å². The molecule has 1 aliphatic carbocycles. The zero-order chi connectivity index (χ0) is 12.7. The minimum Gasteiger partial charge on any atom is -0.289 e. The first kappa shape index (κ1) is 12.9. The third-order valence-corrected chi connectivity index (χ3v) is 2.34. The summed E-state index contributed by atoms with van der Waals surface area (Å²) in [6.45, 7) is 3.66. The van der Waals surface area contributed by atoms with Crippen molar-refractivity contribution >= 4 is 11.6 Å². The molecule has 3 heteroatoms. The highest BCUT2D eigenvalue weighted by Gasteiger charge is 2.12. The number of hydrogen-bond acceptors (Lipinski definition) is 3. The van der Waals surface area contributed by atoms with Crippen molar-refractivity contribution in [2.24, 2.45) is 0 Å². The van der Waals surface area contributed by atoms with Gasteiger partial charge in [0.1, 0.15) is 6.07 Å². The summed E-state index contributed by atoms with van der Waals surface area (Å²) in [5, 5.41) is 8.33. The lowest BCUT2D eigenvalue weighted by Crippen LogP contribution is -2.05. The minimum absolute atomic E-state index is 0.0495. The largest absolute Gasteiger partial charge is 0.289 e. The number of allylic oxidation sites excluding steroid dienone is 7. The van der Waals surface area contributed by atoms with E-state index in [9.17, 15) is 9.59 Å². The van der Waals surface area contributed by atoms with Crippen molar-refractivity contribution in [1.29, 1.82) is 5.26 Å². The van der Waals surface area contributed by atoms with Gasteiger partial charge in [-0.3, -0.25) is 9.59 Å². The summed E-state index contributed by atoms with van der Waals surface area (Å²) in [6.07, 6.45) is 10.2. The molecule has 0 aromatic heterocycles. The van der Waals surface area contributed by atoms with Crippen LogP contribution in [0.15, 0.2) is 48.1 Å². The van der Waals surface area contributed by atoms with Gasteiger partial charge in [-0.05, 0) is 18.4 Å². The van der Waals surface area contributed by atoms with Gasteiger partial charge < -0.3 is 0 Å². The maximum absolute atomic E-state index is 11.9. The summed E-state index contributed by atoms with van der Waals surface area (Å²) < 4.78 is 0. The maximum Gasteiger partial charge on any atom is 0.232 e. The third-order valence-electron chi connectivity index (χ3n) is 2.34. The molecule has 17 heavy (non-hydrogen) atoms. The van der Waals surface area contributed by atoms with Gasteiger partial charge in [-0.15, -0.1) is 0 Å². The van der Waals surface area contributed by atoms with E-state index >= 15 is 0 Å². The lowest BCUT2D eigenvalue weighted by Gasteiger charge is -2.03. The molecule has 0 spiro atoms. The number of ketones is 2. The molecule has 0 N–H and O–H groups in total. The Morgan fingerprint density at radius 3 is 2.82 bits per heavy atom. The SMILES string of the molecule is C=C(CCC(=O)C#N)C(=O)C1=CC=CCC=C1. The maximum atomic E-state index is 11.9. The highest BCUT2D eigenvalue weighted by Crippen LogP contribution is 2.14. The Morgan fingerprint density at radius 2 is 2.12 bits per heavy atom. The highest BCUT2D eigenvalue weighted by atomic mass is 16.1. The molecule has 0 fully saturated rings. The van der Waals surface area contributed by atoms with E-state index in [4.69, 9.17) is 5.26 Å². The Balaban J connectivity index is 2.61. The van der Waals surface area contributed by atoms with E-state index in [0.717, 1.165) is 6.42 Å². The molecule has 0 aliphatic heterocycles. The second kappa shape index (κ2) is 6.39. The van der Waals surface area contributed by atoms with Crippen molar-refractivity contribution in [2.75, 3.05) is 0 Å². The summed E-state index contributed by atoms with van der Waals surface area (Å²) in [4.78, 5) is 22.7. The second-order valence-electron chi connectivity index (χ2n) is 3.66. The average molecular weight is 227 g/mol. The number of carbonyl (C=O) groups is 2. The van der Waals surface area contributed by atoms with E-state index < -0.39 is 5.78 Å². The van der Waals surface area contributed by atoms with Gasteiger partial charge in [0.05, 0.1) is 0 Å². The standard InChI is InChI=1S/C14H13NO2/c1-11(8-9-13(16)10-15)14(17)12-6-4-2-3-5-7-12/h2,4-7H,1,3,8-9H2. The molecule has 0 aromatic rings. The molecule has 0 amide bonds. The lowest BCUT2D eigenvalue weighted by atomic mass is 9.99. The van der Waals surface area contributed by atoms with Gasteiger partial charge in [-0.25, -0.2) is 0 Å². The van der Waals surface area contributed by atoms with Gasteiger partial charge in [0, 0.05) is 12.0 Å². The summed E-state index contributed by atoms with van der Waals surface area (Å²) in [6, 6.07) is 1.52. The van der Waals surface area contributed by atoms with E-state index in [0.29, 0.717) is 11.1 Å². The van der Waals surface area contributed by atoms with E-state index in [1.54, 1.807) is 12.2 Å². The molecule has 3 nitrogen and oxygen atoms in total. The fourth-order valence-corrected chi connectivity index (χ4v) is 1.37. The summed E-state index contributed by atoms with van der Waals surface area (Å²) in [5.74, 6) is -0.692. The molecule has 0 unspecified atom stereocenters. The van der Waals surface area contributed by atoms with E-state index in [2.05, 4.69) is 6.58 Å². The summed E-state index contributed by atoms with van der Waals surface area (Å²) in [5.41, 5.74) is 0.924. The topological polar surface area (TPSA) is 57.9 Å². The molecule has 0 saturated heterocycles. The molecule has 0 atom stereocenters. The predicted molar refractivity (Wildman–Crippen MR) is 65.0 cm³/mol. The van der Waals surface area contributed by atoms with Crippen molar-refractivity contribution in [3.8, 4) is 6.07 Å². The second-order valence-corrected chi connectivity index (χ2v) is 3.66. The van der Waals surface area contributed by atoms with E-state index in [-0.39, 0.29) is 18.6 Å². The van der Waals surface area contributed by atoms with Crippen LogP contribution in [-0.4, -0.2) is 11.6 Å². The van der Waals surface area contributed by atoms with Gasteiger partial charge in [0.25, 0.3) is 0 Å². The van der Waals surface area contributed by atoms with Crippen molar-refractivity contribution in [1.82, 2.24) is 0 Å². The number of rotatable bonds is 5. The van der Waals surface area contributed by atoms with Crippen molar-refractivity contribution in [3.63, 3.8) is 0 Å². The van der Waals surface area contributed by atoms with Gasteiger partial charge >= 0.3 is 0 Å². The summed E-state index contributed by atoms with van der Waals surface area (Å²) >= 11 is 0. The van der Waals surface area contributed by atoms with Gasteiger partial charge in [-0.1, -0.05) is 37.0 Å². The van der Waals surface area contributed by atoms with Gasteiger partial charge in [0.2, 0.25) is 5.78 Å². The number of carbonyl (C=O) groups excluding carboxylic acids is 2. The molecule has 1 rings (SSSR count). The van der Waals surface area contributed by atoms with Gasteiger partial charge in [0.15, 0.2) is 5.78 Å². The first-order valence-electron chi connectivity index (χ1n) is 5.34. The van der Waals surface area contributed by atoms with Gasteiger partial charge in [-0.2, -0.15) is 5.26 Å². The van der Waals surface area contributed by atoms with Crippen molar-refractivity contribution < 1.29 is 9.59 Å². The first-order chi connectivity index (χ1) is 8.15. The molecule has 1 aliphatic rings. The Hall–Kier alpha value is -2.21. The monoisotopic (exact) mass is 227 g/mol. The fraction of sp³-hybridized carbons (Fsp3) is 0.214. The average Bonchev–Trinajstić information content (AvgIpc) is 2.63. The first-order valence-corrected chi connectivity index (χ1v) is 5.34. The van der Waals surface area contributed by atoms with Crippen LogP contribution in [0.1, 0.15) is 19.3 Å². The fourth-order valence-electron chi connectivity index (χ4n) is 1.37. The Bertz CT molecular complexity index is 473. The van der Waals surface area contributed by atoms with Crippen LogP contribution in [0.25, 0.3) is 0 Å². The molecule has 0 radical (unpaired) electrons. The number of nitrogens with zero attached hydrogens (tertiary/aromatic N) is 1. The quantitative estimate of drug-likeness (QED) is 0.535. The van der Waals surface area contributed by atoms with Crippen LogP contribution in [0, 0.1) is 11.3 Å². The number of hydrogen-bond donors (Lipinski definition) is 0. The van der Waals surface area contributed by atoms with Crippen LogP contribution in [0.2, 0.25) is 0 Å². The van der Waals surface area contributed by atoms with Crippen LogP contribution in [0.5, 0.6) is 0 Å². The summed E-state index contributed by atoms with van der Waals surface area (Å²) in [7, 11) is 0. The van der Waals surface area contributed by atoms with Crippen LogP contribution in [0.4, 0.5) is 0 Å². The van der Waals surface area contributed by atoms with Crippen molar-refractivity contribution in [2.45, 2.75) is 19.3 Å². The predicted octanol–water partition coefficient (Wildman–Crippen LogP) is 2.43. The van der Waals surface area contributed by atoms with E-state index in [1.807, 2.05) is 18.2 Å².